The van der Waals surface area contributed by atoms with Gasteiger partial charge in [0.2, 0.25) is 0 Å². The number of aryl methyl sites for hydroxylation is 1. The second kappa shape index (κ2) is 12.7. The fourth-order valence-electron chi connectivity index (χ4n) is 4.19. The third-order valence-electron chi connectivity index (χ3n) is 5.79. The van der Waals surface area contributed by atoms with Gasteiger partial charge in [-0.15, -0.1) is 34.2 Å². The van der Waals surface area contributed by atoms with Gasteiger partial charge in [-0.3, -0.25) is 14.3 Å². The van der Waals surface area contributed by atoms with Crippen LogP contribution in [0.3, 0.4) is 0 Å². The molecule has 1 aliphatic rings. The Bertz CT molecular complexity index is 967. The lowest BCUT2D eigenvalue weighted by molar-refractivity contribution is 0.251. The topological polar surface area (TPSA) is 69.8 Å². The second-order valence-electron chi connectivity index (χ2n) is 7.96. The molecule has 0 amide bonds. The largest absolute Gasteiger partial charge is 0.357 e. The molecular weight excluding hydrogens is 513 g/mol. The molecule has 0 spiro atoms. The standard InChI is InChI=1S/C24H33N7.HI/c1-2-25-24(26-15-10-14-23-29-28-22-13-6-7-18-31(22)23)27-19-21(30-16-8-9-17-30)20-11-4-3-5-12-20;/h3-7,11-13,18,21H,2,8-10,14-17,19H2,1H3,(H2,25,26,27);1H. The van der Waals surface area contributed by atoms with Crippen LogP contribution < -0.4 is 10.6 Å². The fraction of sp³-hybridized carbons (Fsp3) is 0.458. The van der Waals surface area contributed by atoms with Crippen LogP contribution in [0.5, 0.6) is 0 Å². The number of likely N-dealkylation sites (tertiary alicyclic amines) is 1. The van der Waals surface area contributed by atoms with E-state index in [4.69, 9.17) is 4.99 Å². The first-order valence-electron chi connectivity index (χ1n) is 11.4. The van der Waals surface area contributed by atoms with E-state index < -0.39 is 0 Å². The van der Waals surface area contributed by atoms with Crippen molar-refractivity contribution in [3.8, 4) is 0 Å². The van der Waals surface area contributed by atoms with E-state index in [-0.39, 0.29) is 24.0 Å². The van der Waals surface area contributed by atoms with Crippen LogP contribution in [0.4, 0.5) is 0 Å². The van der Waals surface area contributed by atoms with Crippen molar-refractivity contribution in [1.29, 1.82) is 0 Å². The molecule has 0 aliphatic carbocycles. The van der Waals surface area contributed by atoms with Gasteiger partial charge in [-0.25, -0.2) is 0 Å². The van der Waals surface area contributed by atoms with Crippen LogP contribution in [-0.4, -0.2) is 58.2 Å². The molecule has 1 aromatic carbocycles. The minimum Gasteiger partial charge on any atom is -0.357 e. The van der Waals surface area contributed by atoms with Crippen molar-refractivity contribution in [3.63, 3.8) is 0 Å². The highest BCUT2D eigenvalue weighted by Gasteiger charge is 2.23. The van der Waals surface area contributed by atoms with E-state index in [0.29, 0.717) is 6.04 Å². The predicted molar refractivity (Wildman–Crippen MR) is 141 cm³/mol. The molecule has 1 aliphatic heterocycles. The molecule has 7 nitrogen and oxygen atoms in total. The van der Waals surface area contributed by atoms with Crippen molar-refractivity contribution in [2.45, 2.75) is 38.6 Å². The monoisotopic (exact) mass is 547 g/mol. The van der Waals surface area contributed by atoms with E-state index in [1.54, 1.807) is 0 Å². The van der Waals surface area contributed by atoms with Gasteiger partial charge in [0.15, 0.2) is 11.6 Å². The number of pyridine rings is 1. The lowest BCUT2D eigenvalue weighted by atomic mass is 10.1. The Labute approximate surface area is 207 Å². The van der Waals surface area contributed by atoms with E-state index in [9.17, 15) is 0 Å². The van der Waals surface area contributed by atoms with E-state index in [1.165, 1.54) is 18.4 Å². The molecule has 0 radical (unpaired) electrons. The summed E-state index contributed by atoms with van der Waals surface area (Å²) < 4.78 is 2.06. The molecule has 2 aromatic heterocycles. The molecule has 1 atom stereocenters. The number of aromatic nitrogens is 3. The summed E-state index contributed by atoms with van der Waals surface area (Å²) in [6.45, 7) is 6.87. The van der Waals surface area contributed by atoms with Crippen LogP contribution in [0.1, 0.15) is 43.6 Å². The maximum absolute atomic E-state index is 4.94. The van der Waals surface area contributed by atoms with Gasteiger partial charge in [0, 0.05) is 25.7 Å². The first-order valence-corrected chi connectivity index (χ1v) is 11.4. The van der Waals surface area contributed by atoms with Crippen LogP contribution >= 0.6 is 24.0 Å². The summed E-state index contributed by atoms with van der Waals surface area (Å²) in [5.41, 5.74) is 2.25. The van der Waals surface area contributed by atoms with Gasteiger partial charge < -0.3 is 10.6 Å². The average Bonchev–Trinajstić information content (AvgIpc) is 3.48. The first-order chi connectivity index (χ1) is 15.3. The van der Waals surface area contributed by atoms with Gasteiger partial charge in [-0.05, 0) is 57.0 Å². The molecular formula is C24H34IN7. The van der Waals surface area contributed by atoms with Gasteiger partial charge in [0.1, 0.15) is 5.82 Å². The maximum atomic E-state index is 4.94. The third-order valence-corrected chi connectivity index (χ3v) is 5.79. The van der Waals surface area contributed by atoms with Gasteiger partial charge in [-0.1, -0.05) is 36.4 Å². The molecule has 3 heterocycles. The Kier molecular flexibility index (Phi) is 9.73. The number of rotatable bonds is 9. The molecule has 8 heteroatoms. The molecule has 172 valence electrons. The van der Waals surface area contributed by atoms with Crippen molar-refractivity contribution in [1.82, 2.24) is 30.1 Å². The number of aliphatic imine (C=N–C) groups is 1. The van der Waals surface area contributed by atoms with E-state index >= 15 is 0 Å². The summed E-state index contributed by atoms with van der Waals surface area (Å²) in [4.78, 5) is 7.51. The second-order valence-corrected chi connectivity index (χ2v) is 7.96. The summed E-state index contributed by atoms with van der Waals surface area (Å²) >= 11 is 0. The summed E-state index contributed by atoms with van der Waals surface area (Å²) in [6.07, 6.45) is 6.42. The highest BCUT2D eigenvalue weighted by molar-refractivity contribution is 14.0. The molecule has 1 saturated heterocycles. The quantitative estimate of drug-likeness (QED) is 0.185. The number of benzene rings is 1. The van der Waals surface area contributed by atoms with Crippen molar-refractivity contribution >= 4 is 35.6 Å². The number of hydrogen-bond acceptors (Lipinski definition) is 4. The summed E-state index contributed by atoms with van der Waals surface area (Å²) in [5, 5.41) is 15.4. The first kappa shape index (κ1) is 24.4. The maximum Gasteiger partial charge on any atom is 0.191 e. The third kappa shape index (κ3) is 6.41. The molecule has 32 heavy (non-hydrogen) atoms. The highest BCUT2D eigenvalue weighted by atomic mass is 127. The Hall–Kier alpha value is -2.20. The van der Waals surface area contributed by atoms with Gasteiger partial charge in [-0.2, -0.15) is 0 Å². The number of halogens is 1. The number of hydrogen-bond donors (Lipinski definition) is 2. The SMILES string of the molecule is CCNC(=NCC(c1ccccc1)N1CCCC1)NCCCc1nnc2ccccn12.I. The molecule has 1 fully saturated rings. The summed E-state index contributed by atoms with van der Waals surface area (Å²) in [6, 6.07) is 17.1. The lowest BCUT2D eigenvalue weighted by Gasteiger charge is -2.27. The fourth-order valence-corrected chi connectivity index (χ4v) is 4.19. The van der Waals surface area contributed by atoms with Crippen LogP contribution in [0, 0.1) is 0 Å². The van der Waals surface area contributed by atoms with Crippen molar-refractivity contribution in [2.75, 3.05) is 32.7 Å². The van der Waals surface area contributed by atoms with Crippen LogP contribution in [-0.2, 0) is 6.42 Å². The van der Waals surface area contributed by atoms with Crippen molar-refractivity contribution in [3.05, 3.63) is 66.1 Å². The number of nitrogens with zero attached hydrogens (tertiary/aromatic N) is 5. The Morgan fingerprint density at radius 3 is 2.59 bits per heavy atom. The molecule has 3 aromatic rings. The Morgan fingerprint density at radius 2 is 1.81 bits per heavy atom. The minimum atomic E-state index is 0. The predicted octanol–water partition coefficient (Wildman–Crippen LogP) is 3.67. The average molecular weight is 547 g/mol. The summed E-state index contributed by atoms with van der Waals surface area (Å²) in [7, 11) is 0. The lowest BCUT2D eigenvalue weighted by Crippen LogP contribution is -2.39. The zero-order valence-corrected chi connectivity index (χ0v) is 21.1. The number of fused-ring (bicyclic) bond motifs is 1. The molecule has 1 unspecified atom stereocenters. The minimum absolute atomic E-state index is 0. The normalized spacial score (nSPS) is 15.5. The highest BCUT2D eigenvalue weighted by Crippen LogP contribution is 2.25. The zero-order valence-electron chi connectivity index (χ0n) is 18.8. The van der Waals surface area contributed by atoms with Gasteiger partial charge >= 0.3 is 0 Å². The van der Waals surface area contributed by atoms with Gasteiger partial charge in [0.25, 0.3) is 0 Å². The molecule has 2 N–H and O–H groups in total. The molecule has 0 bridgehead atoms. The Morgan fingerprint density at radius 1 is 1.03 bits per heavy atom. The molecule has 0 saturated carbocycles. The summed E-state index contributed by atoms with van der Waals surface area (Å²) in [5.74, 6) is 1.88. The van der Waals surface area contributed by atoms with E-state index in [2.05, 4.69) is 67.4 Å². The van der Waals surface area contributed by atoms with E-state index in [0.717, 1.165) is 63.0 Å². The smallest absolute Gasteiger partial charge is 0.191 e. The van der Waals surface area contributed by atoms with Crippen molar-refractivity contribution < 1.29 is 0 Å². The molecule has 4 rings (SSSR count). The zero-order chi connectivity index (χ0) is 21.3. The Balaban J connectivity index is 0.00000289. The van der Waals surface area contributed by atoms with Crippen LogP contribution in [0.2, 0.25) is 0 Å². The van der Waals surface area contributed by atoms with Crippen molar-refractivity contribution in [2.24, 2.45) is 4.99 Å². The number of guanidine groups is 1. The van der Waals surface area contributed by atoms with Gasteiger partial charge in [0.05, 0.1) is 12.6 Å². The van der Waals surface area contributed by atoms with E-state index in [1.807, 2.05) is 24.4 Å². The van der Waals surface area contributed by atoms with Crippen LogP contribution in [0.25, 0.3) is 5.65 Å². The number of nitrogens with one attached hydrogen (secondary N) is 2. The van der Waals surface area contributed by atoms with Crippen LogP contribution in [0.15, 0.2) is 59.7 Å².